The van der Waals surface area contributed by atoms with E-state index in [2.05, 4.69) is 5.32 Å². The van der Waals surface area contributed by atoms with Gasteiger partial charge in [-0.05, 0) is 18.1 Å². The van der Waals surface area contributed by atoms with Gasteiger partial charge in [-0.25, -0.2) is 0 Å². The molecule has 1 atom stereocenters. The first-order valence-electron chi connectivity index (χ1n) is 6.71. The molecule has 3 amide bonds. The number of fused-ring (bicyclic) bond motifs is 3. The van der Waals surface area contributed by atoms with E-state index in [9.17, 15) is 14.4 Å². The summed E-state index contributed by atoms with van der Waals surface area (Å²) in [6.07, 6.45) is 0.595. The third kappa shape index (κ3) is 1.70. The fourth-order valence-electron chi connectivity index (χ4n) is 3.01. The van der Waals surface area contributed by atoms with Crippen molar-refractivity contribution in [1.82, 2.24) is 10.2 Å². The quantitative estimate of drug-likeness (QED) is 0.745. The fraction of sp³-hybridized carbons (Fsp3) is 0.357. The summed E-state index contributed by atoms with van der Waals surface area (Å²) in [4.78, 5) is 37.3. The Morgan fingerprint density at radius 3 is 2.86 bits per heavy atom. The molecule has 1 unspecified atom stereocenters. The Labute approximate surface area is 119 Å². The second kappa shape index (κ2) is 4.21. The molecule has 0 spiro atoms. The Morgan fingerprint density at radius 2 is 2.05 bits per heavy atom. The molecule has 1 saturated heterocycles. The summed E-state index contributed by atoms with van der Waals surface area (Å²) < 4.78 is 10.6. The number of amides is 3. The van der Waals surface area contributed by atoms with E-state index < -0.39 is 11.9 Å². The predicted molar refractivity (Wildman–Crippen MR) is 68.6 cm³/mol. The second-order valence-electron chi connectivity index (χ2n) is 5.23. The smallest absolute Gasteiger partial charge is 0.259 e. The van der Waals surface area contributed by atoms with Crippen LogP contribution in [0.15, 0.2) is 12.1 Å². The lowest BCUT2D eigenvalue weighted by molar-refractivity contribution is -0.136. The highest BCUT2D eigenvalue weighted by Crippen LogP contribution is 2.42. The van der Waals surface area contributed by atoms with Gasteiger partial charge in [-0.2, -0.15) is 0 Å². The molecule has 21 heavy (non-hydrogen) atoms. The van der Waals surface area contributed by atoms with E-state index in [0.29, 0.717) is 30.0 Å². The minimum Gasteiger partial charge on any atom is -0.454 e. The molecule has 0 radical (unpaired) electrons. The molecule has 7 nitrogen and oxygen atoms in total. The molecule has 0 bridgehead atoms. The van der Waals surface area contributed by atoms with E-state index in [4.69, 9.17) is 9.47 Å². The van der Waals surface area contributed by atoms with E-state index in [-0.39, 0.29) is 25.0 Å². The highest BCUT2D eigenvalue weighted by molar-refractivity contribution is 6.07. The maximum atomic E-state index is 12.6. The number of rotatable bonds is 1. The van der Waals surface area contributed by atoms with E-state index in [1.165, 1.54) is 4.90 Å². The number of carbonyl (C=O) groups excluding carboxylic acids is 3. The van der Waals surface area contributed by atoms with Crippen molar-refractivity contribution in [2.45, 2.75) is 25.4 Å². The number of imide groups is 1. The first-order chi connectivity index (χ1) is 10.1. The maximum absolute atomic E-state index is 12.6. The van der Waals surface area contributed by atoms with Gasteiger partial charge in [0.05, 0.1) is 5.56 Å². The Hall–Kier alpha value is -2.57. The van der Waals surface area contributed by atoms with E-state index in [1.54, 1.807) is 6.07 Å². The zero-order valence-electron chi connectivity index (χ0n) is 11.0. The van der Waals surface area contributed by atoms with Crippen LogP contribution in [0.2, 0.25) is 0 Å². The monoisotopic (exact) mass is 288 g/mol. The van der Waals surface area contributed by atoms with Crippen LogP contribution in [0.25, 0.3) is 0 Å². The van der Waals surface area contributed by atoms with E-state index in [0.717, 1.165) is 5.56 Å². The highest BCUT2D eigenvalue weighted by atomic mass is 16.7. The van der Waals surface area contributed by atoms with Gasteiger partial charge in [-0.3, -0.25) is 19.7 Å². The SMILES string of the molecule is O=C1CCC(N2Cc3ccc4c(c3C2=O)OCO4)C(=O)N1. The minimum atomic E-state index is -0.611. The van der Waals surface area contributed by atoms with Gasteiger partial charge < -0.3 is 14.4 Å². The van der Waals surface area contributed by atoms with Crippen molar-refractivity contribution in [2.24, 2.45) is 0 Å². The summed E-state index contributed by atoms with van der Waals surface area (Å²) in [5.41, 5.74) is 1.28. The third-order valence-electron chi connectivity index (χ3n) is 4.03. The van der Waals surface area contributed by atoms with Crippen LogP contribution in [0.1, 0.15) is 28.8 Å². The molecule has 1 aromatic carbocycles. The normalized spacial score (nSPS) is 23.3. The Balaban J connectivity index is 1.68. The van der Waals surface area contributed by atoms with Crippen molar-refractivity contribution in [3.63, 3.8) is 0 Å². The molecule has 1 N–H and O–H groups in total. The van der Waals surface area contributed by atoms with Gasteiger partial charge in [0.25, 0.3) is 5.91 Å². The van der Waals surface area contributed by atoms with Crippen LogP contribution in [0, 0.1) is 0 Å². The van der Waals surface area contributed by atoms with Crippen molar-refractivity contribution < 1.29 is 23.9 Å². The van der Waals surface area contributed by atoms with Crippen LogP contribution < -0.4 is 14.8 Å². The summed E-state index contributed by atoms with van der Waals surface area (Å²) in [7, 11) is 0. The molecule has 3 aliphatic heterocycles. The minimum absolute atomic E-state index is 0.0947. The van der Waals surface area contributed by atoms with Gasteiger partial charge in [-0.15, -0.1) is 0 Å². The molecule has 0 saturated carbocycles. The second-order valence-corrected chi connectivity index (χ2v) is 5.23. The van der Waals surface area contributed by atoms with Crippen LogP contribution in [-0.4, -0.2) is 35.5 Å². The third-order valence-corrected chi connectivity index (χ3v) is 4.03. The zero-order valence-corrected chi connectivity index (χ0v) is 11.0. The number of nitrogens with zero attached hydrogens (tertiary/aromatic N) is 1. The largest absolute Gasteiger partial charge is 0.454 e. The average Bonchev–Trinajstić information content (AvgIpc) is 3.03. The fourth-order valence-corrected chi connectivity index (χ4v) is 3.01. The summed E-state index contributed by atoms with van der Waals surface area (Å²) in [6, 6.07) is 2.97. The molecule has 1 aromatic rings. The van der Waals surface area contributed by atoms with Crippen molar-refractivity contribution >= 4 is 17.7 Å². The standard InChI is InChI=1S/C14H12N2O5/c17-10-4-2-8(13(18)15-10)16-5-7-1-3-9-12(21-6-20-9)11(7)14(16)19/h1,3,8H,2,4-6H2,(H,15,17,18). The first-order valence-corrected chi connectivity index (χ1v) is 6.71. The molecule has 0 aliphatic carbocycles. The van der Waals surface area contributed by atoms with Gasteiger partial charge in [0.15, 0.2) is 11.5 Å². The van der Waals surface area contributed by atoms with E-state index >= 15 is 0 Å². The Kier molecular flexibility index (Phi) is 2.44. The molecule has 3 aliphatic rings. The number of carbonyl (C=O) groups is 3. The number of hydrogen-bond donors (Lipinski definition) is 1. The van der Waals surface area contributed by atoms with Crippen molar-refractivity contribution in [3.05, 3.63) is 23.3 Å². The molecular weight excluding hydrogens is 276 g/mol. The maximum Gasteiger partial charge on any atom is 0.259 e. The predicted octanol–water partition coefficient (Wildman–Crippen LogP) is 0.176. The lowest BCUT2D eigenvalue weighted by atomic mass is 10.0. The molecule has 4 rings (SSSR count). The van der Waals surface area contributed by atoms with Crippen LogP contribution in [0.5, 0.6) is 11.5 Å². The van der Waals surface area contributed by atoms with Crippen LogP contribution >= 0.6 is 0 Å². The summed E-state index contributed by atoms with van der Waals surface area (Å²) in [5, 5.41) is 2.28. The van der Waals surface area contributed by atoms with Gasteiger partial charge in [-0.1, -0.05) is 6.07 Å². The number of benzene rings is 1. The van der Waals surface area contributed by atoms with Gasteiger partial charge in [0, 0.05) is 13.0 Å². The molecule has 3 heterocycles. The Morgan fingerprint density at radius 1 is 1.19 bits per heavy atom. The summed E-state index contributed by atoms with van der Waals surface area (Å²) in [5.74, 6) is 0.0422. The van der Waals surface area contributed by atoms with Gasteiger partial charge in [0.2, 0.25) is 18.6 Å². The van der Waals surface area contributed by atoms with Crippen LogP contribution in [0.3, 0.4) is 0 Å². The van der Waals surface area contributed by atoms with Gasteiger partial charge in [0.1, 0.15) is 6.04 Å². The lowest BCUT2D eigenvalue weighted by Crippen LogP contribution is -2.52. The summed E-state index contributed by atoms with van der Waals surface area (Å²) >= 11 is 0. The number of ether oxygens (including phenoxy) is 2. The topological polar surface area (TPSA) is 84.9 Å². The van der Waals surface area contributed by atoms with Crippen molar-refractivity contribution in [1.29, 1.82) is 0 Å². The lowest BCUT2D eigenvalue weighted by Gasteiger charge is -2.29. The van der Waals surface area contributed by atoms with E-state index in [1.807, 2.05) is 6.07 Å². The Bertz CT molecular complexity index is 684. The van der Waals surface area contributed by atoms with Crippen molar-refractivity contribution in [3.8, 4) is 11.5 Å². The average molecular weight is 288 g/mol. The summed E-state index contributed by atoms with van der Waals surface area (Å²) in [6.45, 7) is 0.439. The number of hydrogen-bond acceptors (Lipinski definition) is 5. The molecule has 7 heteroatoms. The zero-order chi connectivity index (χ0) is 14.6. The van der Waals surface area contributed by atoms with Crippen LogP contribution in [0.4, 0.5) is 0 Å². The first kappa shape index (κ1) is 12.2. The highest BCUT2D eigenvalue weighted by Gasteiger charge is 2.41. The molecule has 108 valence electrons. The molecular formula is C14H12N2O5. The number of nitrogens with one attached hydrogen (secondary N) is 1. The van der Waals surface area contributed by atoms with Gasteiger partial charge >= 0.3 is 0 Å². The van der Waals surface area contributed by atoms with Crippen molar-refractivity contribution in [2.75, 3.05) is 6.79 Å². The molecule has 1 fully saturated rings. The number of piperidine rings is 1. The molecule has 0 aromatic heterocycles. The van der Waals surface area contributed by atoms with Crippen LogP contribution in [-0.2, 0) is 16.1 Å².